The topological polar surface area (TPSA) is 81.4 Å². The minimum absolute atomic E-state index is 0.108. The lowest BCUT2D eigenvalue weighted by atomic mass is 10.2. The second-order valence-corrected chi connectivity index (χ2v) is 5.36. The number of hydrogen-bond acceptors (Lipinski definition) is 4. The highest BCUT2D eigenvalue weighted by molar-refractivity contribution is 5.73. The van der Waals surface area contributed by atoms with Crippen LogP contribution >= 0.6 is 0 Å². The van der Waals surface area contributed by atoms with Crippen LogP contribution in [0.2, 0.25) is 0 Å². The van der Waals surface area contributed by atoms with Crippen molar-refractivity contribution in [2.24, 2.45) is 0 Å². The molecule has 0 aliphatic rings. The van der Waals surface area contributed by atoms with Crippen molar-refractivity contribution >= 4 is 5.97 Å². The molecule has 27 heavy (non-hydrogen) atoms. The molecular formula is C16H15F5N2O4. The second kappa shape index (κ2) is 9.10. The average molecular weight is 394 g/mol. The predicted octanol–water partition coefficient (Wildman–Crippen LogP) is 3.31. The van der Waals surface area contributed by atoms with Gasteiger partial charge in [0.05, 0.1) is 0 Å². The number of halogens is 5. The lowest BCUT2D eigenvalue weighted by Gasteiger charge is -2.15. The highest BCUT2D eigenvalue weighted by atomic mass is 19.4. The van der Waals surface area contributed by atoms with Crippen molar-refractivity contribution in [1.29, 1.82) is 0 Å². The summed E-state index contributed by atoms with van der Waals surface area (Å²) in [7, 11) is 0. The molecule has 148 valence electrons. The van der Waals surface area contributed by atoms with Crippen LogP contribution in [0.25, 0.3) is 0 Å². The lowest BCUT2D eigenvalue weighted by molar-refractivity contribution is -0.192. The van der Waals surface area contributed by atoms with Crippen molar-refractivity contribution in [3.05, 3.63) is 58.0 Å². The minimum Gasteiger partial charge on any atom is -0.475 e. The number of hydrogen-bond donors (Lipinski definition) is 1. The Hall–Kier alpha value is -2.98. The van der Waals surface area contributed by atoms with Gasteiger partial charge >= 0.3 is 12.1 Å². The van der Waals surface area contributed by atoms with Crippen LogP contribution in [0.15, 0.2) is 35.3 Å². The molecule has 0 aliphatic carbocycles. The van der Waals surface area contributed by atoms with E-state index in [0.717, 1.165) is 12.1 Å². The number of carboxylic acid groups (broad SMARTS) is 1. The first-order valence-electron chi connectivity index (χ1n) is 7.38. The van der Waals surface area contributed by atoms with Gasteiger partial charge in [0.25, 0.3) is 11.6 Å². The zero-order valence-electron chi connectivity index (χ0n) is 14.1. The Kier molecular flexibility index (Phi) is 7.44. The Morgan fingerprint density at radius 2 is 1.85 bits per heavy atom. The Bertz CT molecular complexity index is 849. The largest absolute Gasteiger partial charge is 0.490 e. The van der Waals surface area contributed by atoms with Gasteiger partial charge in [-0.15, -0.1) is 0 Å². The van der Waals surface area contributed by atoms with Gasteiger partial charge in [-0.25, -0.2) is 18.6 Å². The van der Waals surface area contributed by atoms with Crippen LogP contribution in [-0.4, -0.2) is 26.8 Å². The number of nitrogens with zero attached hydrogens (tertiary/aromatic N) is 2. The van der Waals surface area contributed by atoms with Gasteiger partial charge in [0.15, 0.2) is 0 Å². The zero-order valence-corrected chi connectivity index (χ0v) is 14.1. The molecule has 0 aliphatic heterocycles. The van der Waals surface area contributed by atoms with Gasteiger partial charge in [-0.3, -0.25) is 9.36 Å². The number of aliphatic carboxylic acids is 1. The third-order valence-electron chi connectivity index (χ3n) is 2.98. The highest BCUT2D eigenvalue weighted by Gasteiger charge is 2.38. The third-order valence-corrected chi connectivity index (χ3v) is 2.98. The first kappa shape index (κ1) is 22.1. The van der Waals surface area contributed by atoms with Crippen molar-refractivity contribution in [3.63, 3.8) is 0 Å². The van der Waals surface area contributed by atoms with E-state index in [2.05, 4.69) is 4.98 Å². The molecule has 1 aromatic carbocycles. The summed E-state index contributed by atoms with van der Waals surface area (Å²) in [4.78, 5) is 24.6. The Morgan fingerprint density at radius 3 is 2.33 bits per heavy atom. The van der Waals surface area contributed by atoms with Crippen LogP contribution in [0.4, 0.5) is 22.0 Å². The van der Waals surface area contributed by atoms with Crippen molar-refractivity contribution in [3.8, 4) is 6.01 Å². The number of carbonyl (C=O) groups is 1. The van der Waals surface area contributed by atoms with E-state index in [1.165, 1.54) is 22.9 Å². The highest BCUT2D eigenvalue weighted by Crippen LogP contribution is 2.15. The number of benzene rings is 1. The van der Waals surface area contributed by atoms with Crippen LogP contribution in [0.5, 0.6) is 6.01 Å². The molecule has 0 atom stereocenters. The molecule has 1 N–H and O–H groups in total. The van der Waals surface area contributed by atoms with E-state index >= 15 is 0 Å². The molecule has 0 bridgehead atoms. The fourth-order valence-electron chi connectivity index (χ4n) is 1.76. The molecule has 0 saturated heterocycles. The first-order valence-corrected chi connectivity index (χ1v) is 7.38. The zero-order chi connectivity index (χ0) is 20.8. The third kappa shape index (κ3) is 6.68. The van der Waals surface area contributed by atoms with Gasteiger partial charge in [0, 0.05) is 29.9 Å². The summed E-state index contributed by atoms with van der Waals surface area (Å²) in [5.41, 5.74) is -0.0515. The summed E-state index contributed by atoms with van der Waals surface area (Å²) in [5, 5.41) is 7.12. The molecule has 0 amide bonds. The van der Waals surface area contributed by atoms with E-state index in [1.807, 2.05) is 13.8 Å². The SMILES string of the molecule is CC(C)n1c(OCc2ccc(F)cc2F)nccc1=O.O=C(O)C(F)(F)F. The standard InChI is InChI=1S/C14H14F2N2O2.C2HF3O2/c1-9(2)18-13(19)5-6-17-14(18)20-8-10-3-4-11(15)7-12(10)16;3-2(4,5)1(6)7/h3-7,9H,8H2,1-2H3;(H,6,7). The summed E-state index contributed by atoms with van der Waals surface area (Å²) in [6, 6.07) is 4.53. The summed E-state index contributed by atoms with van der Waals surface area (Å²) < 4.78 is 64.8. The van der Waals surface area contributed by atoms with Gasteiger partial charge < -0.3 is 9.84 Å². The number of alkyl halides is 3. The summed E-state index contributed by atoms with van der Waals surface area (Å²) in [6.07, 6.45) is -3.75. The first-order chi connectivity index (χ1) is 12.4. The predicted molar refractivity (Wildman–Crippen MR) is 83.3 cm³/mol. The van der Waals surface area contributed by atoms with E-state index < -0.39 is 23.8 Å². The summed E-state index contributed by atoms with van der Waals surface area (Å²) in [5.74, 6) is -4.10. The average Bonchev–Trinajstić information content (AvgIpc) is 2.53. The van der Waals surface area contributed by atoms with E-state index in [4.69, 9.17) is 14.6 Å². The maximum absolute atomic E-state index is 13.5. The maximum atomic E-state index is 13.5. The van der Waals surface area contributed by atoms with Crippen LogP contribution in [-0.2, 0) is 11.4 Å². The molecule has 0 fully saturated rings. The fraction of sp³-hybridized carbons (Fsp3) is 0.312. The van der Waals surface area contributed by atoms with E-state index in [0.29, 0.717) is 0 Å². The van der Waals surface area contributed by atoms with Crippen molar-refractivity contribution in [2.75, 3.05) is 0 Å². The van der Waals surface area contributed by atoms with Crippen molar-refractivity contribution in [2.45, 2.75) is 32.7 Å². The minimum atomic E-state index is -5.08. The second-order valence-electron chi connectivity index (χ2n) is 5.36. The normalized spacial score (nSPS) is 11.0. The van der Waals surface area contributed by atoms with Crippen LogP contribution in [0.1, 0.15) is 25.5 Å². The molecule has 0 radical (unpaired) electrons. The molecule has 2 rings (SSSR count). The van der Waals surface area contributed by atoms with Gasteiger partial charge in [-0.1, -0.05) is 0 Å². The molecular weight excluding hydrogens is 379 g/mol. The van der Waals surface area contributed by atoms with Crippen molar-refractivity contribution < 1.29 is 36.6 Å². The smallest absolute Gasteiger partial charge is 0.475 e. The lowest BCUT2D eigenvalue weighted by Crippen LogP contribution is -2.23. The molecule has 11 heteroatoms. The van der Waals surface area contributed by atoms with Crippen LogP contribution in [0, 0.1) is 11.6 Å². The quantitative estimate of drug-likeness (QED) is 0.805. The van der Waals surface area contributed by atoms with Gasteiger partial charge in [0.1, 0.15) is 18.2 Å². The number of rotatable bonds is 4. The monoisotopic (exact) mass is 394 g/mol. The fourth-order valence-corrected chi connectivity index (χ4v) is 1.76. The van der Waals surface area contributed by atoms with Gasteiger partial charge in [0.2, 0.25) is 0 Å². The molecule has 0 saturated carbocycles. The summed E-state index contributed by atoms with van der Waals surface area (Å²) in [6.45, 7) is 3.50. The molecule has 0 unspecified atom stereocenters. The van der Waals surface area contributed by atoms with Crippen molar-refractivity contribution in [1.82, 2.24) is 9.55 Å². The van der Waals surface area contributed by atoms with E-state index in [-0.39, 0.29) is 29.8 Å². The summed E-state index contributed by atoms with van der Waals surface area (Å²) >= 11 is 0. The molecule has 1 heterocycles. The van der Waals surface area contributed by atoms with E-state index in [9.17, 15) is 26.7 Å². The molecule has 2 aromatic rings. The molecule has 0 spiro atoms. The van der Waals surface area contributed by atoms with Crippen LogP contribution in [0.3, 0.4) is 0 Å². The number of aromatic nitrogens is 2. The van der Waals surface area contributed by atoms with Crippen LogP contribution < -0.4 is 10.3 Å². The van der Waals surface area contributed by atoms with Gasteiger partial charge in [-0.05, 0) is 26.0 Å². The Morgan fingerprint density at radius 1 is 1.26 bits per heavy atom. The maximum Gasteiger partial charge on any atom is 0.490 e. The number of carboxylic acids is 1. The van der Waals surface area contributed by atoms with E-state index in [1.54, 1.807) is 0 Å². The Balaban J connectivity index is 0.000000445. The number of ether oxygens (including phenoxy) is 1. The Labute approximate surface area is 149 Å². The molecule has 1 aromatic heterocycles. The molecule has 6 nitrogen and oxygen atoms in total. The van der Waals surface area contributed by atoms with Gasteiger partial charge in [-0.2, -0.15) is 13.2 Å².